The molecule has 0 aliphatic carbocycles. The number of dihydropyridines is 1. The second-order valence-electron chi connectivity index (χ2n) is 5.12. The van der Waals surface area contributed by atoms with Crippen LogP contribution in [0.1, 0.15) is 53.4 Å². The smallest absolute Gasteiger partial charge is 0.305 e. The van der Waals surface area contributed by atoms with Gasteiger partial charge >= 0.3 is 5.97 Å². The van der Waals surface area contributed by atoms with Crippen LogP contribution in [0.3, 0.4) is 0 Å². The standard InChI is InChI=1S/C15H25NO2/c1-10-12(3)16-13(4)11(2)14(10)8-6-7-9-15(17)18-5/h14,16H,6-9H2,1-5H3. The van der Waals surface area contributed by atoms with E-state index in [1.54, 1.807) is 0 Å². The van der Waals surface area contributed by atoms with E-state index < -0.39 is 0 Å². The molecule has 3 nitrogen and oxygen atoms in total. The average Bonchev–Trinajstić information content (AvgIpc) is 2.35. The molecule has 1 aliphatic heterocycles. The Balaban J connectivity index is 2.49. The zero-order valence-corrected chi connectivity index (χ0v) is 12.2. The largest absolute Gasteiger partial charge is 0.469 e. The van der Waals surface area contributed by atoms with Crippen molar-refractivity contribution in [2.24, 2.45) is 5.92 Å². The Bertz CT molecular complexity index is 356. The predicted molar refractivity (Wildman–Crippen MR) is 73.9 cm³/mol. The van der Waals surface area contributed by atoms with Crippen LogP contribution in [0.2, 0.25) is 0 Å². The number of esters is 1. The van der Waals surface area contributed by atoms with E-state index in [0.717, 1.165) is 19.3 Å². The van der Waals surface area contributed by atoms with Gasteiger partial charge in [0.15, 0.2) is 0 Å². The molecule has 0 fully saturated rings. The highest BCUT2D eigenvalue weighted by Crippen LogP contribution is 2.32. The Hall–Kier alpha value is -1.25. The van der Waals surface area contributed by atoms with Crippen LogP contribution in [-0.2, 0) is 9.53 Å². The molecule has 0 radical (unpaired) electrons. The lowest BCUT2D eigenvalue weighted by molar-refractivity contribution is -0.140. The second-order valence-corrected chi connectivity index (χ2v) is 5.12. The van der Waals surface area contributed by atoms with Crippen molar-refractivity contribution in [3.8, 4) is 0 Å². The van der Waals surface area contributed by atoms with E-state index in [0.29, 0.717) is 12.3 Å². The highest BCUT2D eigenvalue weighted by molar-refractivity contribution is 5.68. The Morgan fingerprint density at radius 2 is 1.67 bits per heavy atom. The first-order valence-electron chi connectivity index (χ1n) is 6.66. The molecule has 1 N–H and O–H groups in total. The van der Waals surface area contributed by atoms with Crippen LogP contribution in [0.25, 0.3) is 0 Å². The van der Waals surface area contributed by atoms with E-state index >= 15 is 0 Å². The zero-order chi connectivity index (χ0) is 13.7. The predicted octanol–water partition coefficient (Wildman–Crippen LogP) is 3.53. The fourth-order valence-electron chi connectivity index (χ4n) is 2.48. The summed E-state index contributed by atoms with van der Waals surface area (Å²) < 4.78 is 4.65. The van der Waals surface area contributed by atoms with Crippen molar-refractivity contribution in [2.75, 3.05) is 7.11 Å². The minimum absolute atomic E-state index is 0.104. The molecule has 1 aliphatic rings. The van der Waals surface area contributed by atoms with Gasteiger partial charge in [-0.2, -0.15) is 0 Å². The molecule has 0 spiro atoms. The maximum atomic E-state index is 11.0. The van der Waals surface area contributed by atoms with Crippen LogP contribution < -0.4 is 5.32 Å². The van der Waals surface area contributed by atoms with Crippen molar-refractivity contribution in [1.82, 2.24) is 5.32 Å². The lowest BCUT2D eigenvalue weighted by Gasteiger charge is -2.29. The van der Waals surface area contributed by atoms with Gasteiger partial charge in [-0.25, -0.2) is 0 Å². The van der Waals surface area contributed by atoms with E-state index in [1.165, 1.54) is 29.7 Å². The molecular formula is C15H25NO2. The van der Waals surface area contributed by atoms with E-state index in [-0.39, 0.29) is 5.97 Å². The van der Waals surface area contributed by atoms with Crippen LogP contribution in [0.5, 0.6) is 0 Å². The maximum absolute atomic E-state index is 11.0. The van der Waals surface area contributed by atoms with Gasteiger partial charge in [0.25, 0.3) is 0 Å². The number of rotatable bonds is 5. The number of hydrogen-bond donors (Lipinski definition) is 1. The van der Waals surface area contributed by atoms with Crippen molar-refractivity contribution >= 4 is 5.97 Å². The summed E-state index contributed by atoms with van der Waals surface area (Å²) in [7, 11) is 1.45. The molecule has 0 aromatic heterocycles. The summed E-state index contributed by atoms with van der Waals surface area (Å²) in [6, 6.07) is 0. The van der Waals surface area contributed by atoms with Crippen molar-refractivity contribution < 1.29 is 9.53 Å². The average molecular weight is 251 g/mol. The first-order valence-corrected chi connectivity index (χ1v) is 6.66. The fourth-order valence-corrected chi connectivity index (χ4v) is 2.48. The third-order valence-corrected chi connectivity index (χ3v) is 3.95. The molecule has 18 heavy (non-hydrogen) atoms. The summed E-state index contributed by atoms with van der Waals surface area (Å²) in [5.41, 5.74) is 5.40. The first kappa shape index (κ1) is 14.8. The molecule has 0 atom stereocenters. The normalized spacial score (nSPS) is 16.9. The van der Waals surface area contributed by atoms with Gasteiger partial charge in [-0.1, -0.05) is 6.42 Å². The number of nitrogens with one attached hydrogen (secondary N) is 1. The third kappa shape index (κ3) is 3.62. The molecule has 0 amide bonds. The van der Waals surface area contributed by atoms with Gasteiger partial charge in [-0.15, -0.1) is 0 Å². The fraction of sp³-hybridized carbons (Fsp3) is 0.667. The maximum Gasteiger partial charge on any atom is 0.305 e. The number of carbonyl (C=O) groups is 1. The Morgan fingerprint density at radius 1 is 1.11 bits per heavy atom. The summed E-state index contributed by atoms with van der Waals surface area (Å²) in [4.78, 5) is 11.0. The van der Waals surface area contributed by atoms with E-state index in [2.05, 4.69) is 37.7 Å². The number of carbonyl (C=O) groups excluding carboxylic acids is 1. The summed E-state index contributed by atoms with van der Waals surface area (Å²) >= 11 is 0. The number of ether oxygens (including phenoxy) is 1. The summed E-state index contributed by atoms with van der Waals surface area (Å²) in [5.74, 6) is 0.427. The Labute approximate surface area is 110 Å². The monoisotopic (exact) mass is 251 g/mol. The number of methoxy groups -OCH3 is 1. The molecule has 0 aromatic carbocycles. The van der Waals surface area contributed by atoms with Crippen LogP contribution in [0, 0.1) is 5.92 Å². The molecule has 1 rings (SSSR count). The SMILES string of the molecule is COC(=O)CCCCC1C(C)=C(C)NC(C)=C1C. The third-order valence-electron chi connectivity index (χ3n) is 3.95. The minimum atomic E-state index is -0.104. The lowest BCUT2D eigenvalue weighted by atomic mass is 9.84. The highest BCUT2D eigenvalue weighted by Gasteiger charge is 2.21. The minimum Gasteiger partial charge on any atom is -0.469 e. The molecule has 1 heterocycles. The molecule has 0 unspecified atom stereocenters. The summed E-state index contributed by atoms with van der Waals surface area (Å²) in [5, 5.41) is 3.41. The van der Waals surface area contributed by atoms with Gasteiger partial charge in [0.05, 0.1) is 7.11 Å². The van der Waals surface area contributed by atoms with E-state index in [4.69, 9.17) is 0 Å². The van der Waals surface area contributed by atoms with Crippen molar-refractivity contribution in [2.45, 2.75) is 53.4 Å². The van der Waals surface area contributed by atoms with Crippen LogP contribution >= 0.6 is 0 Å². The van der Waals surface area contributed by atoms with Crippen molar-refractivity contribution in [3.05, 3.63) is 22.5 Å². The molecule has 0 saturated carbocycles. The molecular weight excluding hydrogens is 226 g/mol. The molecule has 0 bridgehead atoms. The Morgan fingerprint density at radius 3 is 2.17 bits per heavy atom. The highest BCUT2D eigenvalue weighted by atomic mass is 16.5. The zero-order valence-electron chi connectivity index (χ0n) is 12.2. The van der Waals surface area contributed by atoms with E-state index in [1.807, 2.05) is 0 Å². The van der Waals surface area contributed by atoms with Crippen molar-refractivity contribution in [1.29, 1.82) is 0 Å². The second kappa shape index (κ2) is 6.62. The molecule has 0 saturated heterocycles. The topological polar surface area (TPSA) is 38.3 Å². The lowest BCUT2D eigenvalue weighted by Crippen LogP contribution is -2.23. The van der Waals surface area contributed by atoms with E-state index in [9.17, 15) is 4.79 Å². The van der Waals surface area contributed by atoms with Crippen LogP contribution in [-0.4, -0.2) is 13.1 Å². The van der Waals surface area contributed by atoms with Gasteiger partial charge in [0.1, 0.15) is 0 Å². The van der Waals surface area contributed by atoms with Gasteiger partial charge in [0, 0.05) is 23.7 Å². The summed E-state index contributed by atoms with van der Waals surface area (Å²) in [6.45, 7) is 8.66. The number of allylic oxidation sites excluding steroid dienone is 4. The van der Waals surface area contributed by atoms with Gasteiger partial charge < -0.3 is 10.1 Å². The Kier molecular flexibility index (Phi) is 5.45. The van der Waals surface area contributed by atoms with Crippen molar-refractivity contribution in [3.63, 3.8) is 0 Å². The molecule has 3 heteroatoms. The number of unbranched alkanes of at least 4 members (excludes halogenated alkanes) is 1. The van der Waals surface area contributed by atoms with Gasteiger partial charge in [0.2, 0.25) is 0 Å². The molecule has 102 valence electrons. The van der Waals surface area contributed by atoms with Crippen LogP contribution in [0.15, 0.2) is 22.5 Å². The summed E-state index contributed by atoms with van der Waals surface area (Å²) in [6.07, 6.45) is 3.63. The molecule has 0 aromatic rings. The first-order chi connectivity index (χ1) is 8.47. The van der Waals surface area contributed by atoms with Gasteiger partial charge in [-0.3, -0.25) is 4.79 Å². The quantitative estimate of drug-likeness (QED) is 0.600. The number of hydrogen-bond acceptors (Lipinski definition) is 3. The van der Waals surface area contributed by atoms with Gasteiger partial charge in [-0.05, 0) is 51.7 Å². The van der Waals surface area contributed by atoms with Crippen LogP contribution in [0.4, 0.5) is 0 Å².